The molecule has 0 aromatic heterocycles. The Balaban J connectivity index is 2.26. The molecular weight excluding hydrogens is 251 g/mol. The van der Waals surface area contributed by atoms with Gasteiger partial charge < -0.3 is 5.32 Å². The van der Waals surface area contributed by atoms with Crippen LogP contribution in [0, 0.1) is 5.92 Å². The van der Waals surface area contributed by atoms with Gasteiger partial charge in [-0.3, -0.25) is 4.21 Å². The van der Waals surface area contributed by atoms with E-state index in [0.29, 0.717) is 19.4 Å². The third kappa shape index (κ3) is 4.95. The van der Waals surface area contributed by atoms with Crippen molar-refractivity contribution in [3.63, 3.8) is 0 Å². The average molecular weight is 271 g/mol. The molecule has 1 N–H and O–H groups in total. The molecule has 0 saturated heterocycles. The van der Waals surface area contributed by atoms with Gasteiger partial charge in [0.1, 0.15) is 0 Å². The van der Waals surface area contributed by atoms with Crippen LogP contribution in [0.5, 0.6) is 0 Å². The lowest BCUT2D eigenvalue weighted by Crippen LogP contribution is -2.40. The van der Waals surface area contributed by atoms with Gasteiger partial charge in [-0.2, -0.15) is 13.2 Å². The Bertz CT molecular complexity index is 262. The molecule has 1 fully saturated rings. The van der Waals surface area contributed by atoms with Gasteiger partial charge in [0.05, 0.1) is 5.92 Å². The summed E-state index contributed by atoms with van der Waals surface area (Å²) in [6.45, 7) is 2.49. The summed E-state index contributed by atoms with van der Waals surface area (Å²) < 4.78 is 48.4. The third-order valence-corrected chi connectivity index (χ3v) is 4.75. The van der Waals surface area contributed by atoms with Crippen molar-refractivity contribution in [3.8, 4) is 0 Å². The lowest BCUT2D eigenvalue weighted by atomic mass is 9.85. The van der Waals surface area contributed by atoms with E-state index in [2.05, 4.69) is 5.32 Å². The van der Waals surface area contributed by atoms with Crippen LogP contribution in [0.15, 0.2) is 0 Å². The van der Waals surface area contributed by atoms with Crippen LogP contribution in [0.2, 0.25) is 0 Å². The molecule has 2 atom stereocenters. The highest BCUT2D eigenvalue weighted by Crippen LogP contribution is 2.37. The molecule has 1 rings (SSSR count). The minimum atomic E-state index is -4.04. The number of hydrogen-bond acceptors (Lipinski definition) is 2. The standard InChI is InChI=1S/C11H20F3NOS/c1-8(17(2)16)7-15-10-5-3-9(4-6-10)11(12,13)14/h8-10,15H,3-7H2,1-2H3. The molecule has 0 spiro atoms. The van der Waals surface area contributed by atoms with Crippen LogP contribution >= 0.6 is 0 Å². The molecular formula is C11H20F3NOS. The van der Waals surface area contributed by atoms with Crippen LogP contribution in [0.3, 0.4) is 0 Å². The van der Waals surface area contributed by atoms with Crippen LogP contribution in [0.25, 0.3) is 0 Å². The van der Waals surface area contributed by atoms with Crippen LogP contribution < -0.4 is 5.32 Å². The van der Waals surface area contributed by atoms with Crippen LogP contribution in [0.1, 0.15) is 32.6 Å². The summed E-state index contributed by atoms with van der Waals surface area (Å²) in [6.07, 6.45) is -0.841. The van der Waals surface area contributed by atoms with E-state index in [4.69, 9.17) is 0 Å². The molecule has 2 unspecified atom stereocenters. The van der Waals surface area contributed by atoms with Crippen molar-refractivity contribution in [2.75, 3.05) is 12.8 Å². The van der Waals surface area contributed by atoms with Crippen LogP contribution in [-0.2, 0) is 10.8 Å². The van der Waals surface area contributed by atoms with Gasteiger partial charge in [0.2, 0.25) is 0 Å². The molecule has 6 heteroatoms. The van der Waals surface area contributed by atoms with Crippen molar-refractivity contribution in [2.24, 2.45) is 5.92 Å². The second-order valence-electron chi connectivity index (χ2n) is 4.81. The fraction of sp³-hybridized carbons (Fsp3) is 1.00. The van der Waals surface area contributed by atoms with Gasteiger partial charge >= 0.3 is 6.18 Å². The quantitative estimate of drug-likeness (QED) is 0.851. The Morgan fingerprint density at radius 1 is 1.29 bits per heavy atom. The fourth-order valence-corrected chi connectivity index (χ4v) is 2.41. The van der Waals surface area contributed by atoms with Gasteiger partial charge in [-0.25, -0.2) is 0 Å². The van der Waals surface area contributed by atoms with E-state index in [0.717, 1.165) is 0 Å². The zero-order chi connectivity index (χ0) is 13.1. The van der Waals surface area contributed by atoms with Crippen molar-refractivity contribution in [1.82, 2.24) is 5.32 Å². The topological polar surface area (TPSA) is 29.1 Å². The summed E-state index contributed by atoms with van der Waals surface area (Å²) in [7, 11) is -0.878. The predicted octanol–water partition coefficient (Wildman–Crippen LogP) is 2.46. The molecule has 0 aliphatic heterocycles. The molecule has 0 amide bonds. The number of rotatable bonds is 4. The highest BCUT2D eigenvalue weighted by molar-refractivity contribution is 7.84. The maximum absolute atomic E-state index is 12.4. The molecule has 0 aromatic carbocycles. The monoisotopic (exact) mass is 271 g/mol. The first-order valence-electron chi connectivity index (χ1n) is 5.93. The predicted molar refractivity (Wildman–Crippen MR) is 63.3 cm³/mol. The number of nitrogens with one attached hydrogen (secondary N) is 1. The highest BCUT2D eigenvalue weighted by Gasteiger charge is 2.41. The lowest BCUT2D eigenvalue weighted by molar-refractivity contribution is -0.182. The average Bonchev–Trinajstić information content (AvgIpc) is 2.25. The third-order valence-electron chi connectivity index (χ3n) is 3.45. The van der Waals surface area contributed by atoms with Gasteiger partial charge in [0.25, 0.3) is 0 Å². The second kappa shape index (κ2) is 6.18. The molecule has 1 aliphatic carbocycles. The summed E-state index contributed by atoms with van der Waals surface area (Å²) in [6, 6.07) is 0.152. The zero-order valence-corrected chi connectivity index (χ0v) is 11.0. The first kappa shape index (κ1) is 15.0. The fourth-order valence-electron chi connectivity index (χ4n) is 2.07. The van der Waals surface area contributed by atoms with Crippen LogP contribution in [0.4, 0.5) is 13.2 Å². The minimum Gasteiger partial charge on any atom is -0.313 e. The maximum atomic E-state index is 12.4. The molecule has 0 heterocycles. The van der Waals surface area contributed by atoms with Crippen molar-refractivity contribution >= 4 is 10.8 Å². The minimum absolute atomic E-state index is 0.0512. The largest absolute Gasteiger partial charge is 0.391 e. The first-order valence-corrected chi connectivity index (χ1v) is 7.55. The van der Waals surface area contributed by atoms with E-state index in [-0.39, 0.29) is 24.1 Å². The Labute approximate surface area is 103 Å². The normalized spacial score (nSPS) is 29.9. The second-order valence-corrected chi connectivity index (χ2v) is 6.61. The van der Waals surface area contributed by atoms with E-state index in [1.807, 2.05) is 6.92 Å². The van der Waals surface area contributed by atoms with Gasteiger partial charge in [0.15, 0.2) is 0 Å². The summed E-state index contributed by atoms with van der Waals surface area (Å²) in [5.41, 5.74) is 0. The summed E-state index contributed by atoms with van der Waals surface area (Å²) in [5, 5.41) is 3.27. The molecule has 17 heavy (non-hydrogen) atoms. The van der Waals surface area contributed by atoms with E-state index >= 15 is 0 Å². The Hall–Kier alpha value is -0.100. The number of alkyl halides is 3. The van der Waals surface area contributed by atoms with Gasteiger partial charge in [0, 0.05) is 34.9 Å². The molecule has 0 radical (unpaired) electrons. The smallest absolute Gasteiger partial charge is 0.313 e. The SMILES string of the molecule is CC(CNC1CCC(C(F)(F)F)CC1)S(C)=O. The van der Waals surface area contributed by atoms with Gasteiger partial charge in [-0.1, -0.05) is 0 Å². The first-order chi connectivity index (χ1) is 7.80. The van der Waals surface area contributed by atoms with Crippen molar-refractivity contribution in [2.45, 2.75) is 50.1 Å². The Morgan fingerprint density at radius 3 is 2.24 bits per heavy atom. The highest BCUT2D eigenvalue weighted by atomic mass is 32.2. The Morgan fingerprint density at radius 2 is 1.82 bits per heavy atom. The lowest BCUT2D eigenvalue weighted by Gasteiger charge is -2.30. The van der Waals surface area contributed by atoms with E-state index in [1.54, 1.807) is 6.26 Å². The molecule has 0 aromatic rings. The molecule has 1 aliphatic rings. The molecule has 0 bridgehead atoms. The number of hydrogen-bond donors (Lipinski definition) is 1. The van der Waals surface area contributed by atoms with E-state index < -0.39 is 22.9 Å². The van der Waals surface area contributed by atoms with Crippen molar-refractivity contribution < 1.29 is 17.4 Å². The maximum Gasteiger partial charge on any atom is 0.391 e. The van der Waals surface area contributed by atoms with Gasteiger partial charge in [-0.05, 0) is 32.6 Å². The summed E-state index contributed by atoms with van der Waals surface area (Å²) >= 11 is 0. The summed E-state index contributed by atoms with van der Waals surface area (Å²) in [5.74, 6) is -1.13. The number of halogens is 3. The van der Waals surface area contributed by atoms with Crippen molar-refractivity contribution in [3.05, 3.63) is 0 Å². The van der Waals surface area contributed by atoms with Gasteiger partial charge in [-0.15, -0.1) is 0 Å². The van der Waals surface area contributed by atoms with Crippen LogP contribution in [-0.4, -0.2) is 34.5 Å². The summed E-state index contributed by atoms with van der Waals surface area (Å²) in [4.78, 5) is 0. The Kier molecular flexibility index (Phi) is 5.44. The molecule has 2 nitrogen and oxygen atoms in total. The molecule has 102 valence electrons. The van der Waals surface area contributed by atoms with E-state index in [9.17, 15) is 17.4 Å². The molecule has 1 saturated carbocycles. The zero-order valence-electron chi connectivity index (χ0n) is 10.2. The van der Waals surface area contributed by atoms with E-state index in [1.165, 1.54) is 0 Å². The van der Waals surface area contributed by atoms with Crippen molar-refractivity contribution in [1.29, 1.82) is 0 Å².